The number of rotatable bonds is 4. The summed E-state index contributed by atoms with van der Waals surface area (Å²) in [6.07, 6.45) is 2.61. The molecular weight excluding hydrogens is 278 g/mol. The van der Waals surface area contributed by atoms with E-state index in [0.29, 0.717) is 23.4 Å². The maximum atomic E-state index is 11.2. The molecule has 1 fully saturated rings. The second kappa shape index (κ2) is 5.58. The van der Waals surface area contributed by atoms with Gasteiger partial charge in [0.05, 0.1) is 7.11 Å². The topological polar surface area (TPSA) is 63.2 Å². The Bertz CT molecular complexity index is 535. The summed E-state index contributed by atoms with van der Waals surface area (Å²) in [4.78, 5) is 15.4. The van der Waals surface area contributed by atoms with Crippen molar-refractivity contribution < 1.29 is 9.53 Å². The van der Waals surface area contributed by atoms with Gasteiger partial charge in [-0.25, -0.2) is 4.98 Å². The zero-order chi connectivity index (χ0) is 14.1. The summed E-state index contributed by atoms with van der Waals surface area (Å²) in [7, 11) is 1.62. The number of methoxy groups -OCH3 is 1. The first-order valence-electron chi connectivity index (χ1n) is 6.90. The second-order valence-electron chi connectivity index (χ2n) is 5.40. The fraction of sp³-hybridized carbons (Fsp3) is 0.571. The van der Waals surface area contributed by atoms with E-state index in [2.05, 4.69) is 15.6 Å². The molecule has 1 aliphatic heterocycles. The molecule has 2 atom stereocenters. The van der Waals surface area contributed by atoms with E-state index in [0.717, 1.165) is 31.5 Å². The quantitative estimate of drug-likeness (QED) is 0.826. The zero-order valence-electron chi connectivity index (χ0n) is 11.4. The van der Waals surface area contributed by atoms with Gasteiger partial charge in [-0.2, -0.15) is 0 Å². The number of pyridine rings is 1. The lowest BCUT2D eigenvalue weighted by Gasteiger charge is -2.18. The van der Waals surface area contributed by atoms with Gasteiger partial charge in [-0.1, -0.05) is 11.6 Å². The van der Waals surface area contributed by atoms with Crippen molar-refractivity contribution in [2.24, 2.45) is 5.92 Å². The van der Waals surface area contributed by atoms with E-state index in [1.54, 1.807) is 7.11 Å². The number of carbonyl (C=O) groups excluding carboxylic acids is 1. The molecule has 2 aliphatic rings. The summed E-state index contributed by atoms with van der Waals surface area (Å²) >= 11 is 5.99. The first kappa shape index (κ1) is 13.6. The molecule has 0 saturated carbocycles. The van der Waals surface area contributed by atoms with Crippen molar-refractivity contribution >= 4 is 17.5 Å². The van der Waals surface area contributed by atoms with Gasteiger partial charge in [0.25, 0.3) is 0 Å². The van der Waals surface area contributed by atoms with Crippen LogP contribution in [-0.4, -0.2) is 31.1 Å². The largest absolute Gasteiger partial charge is 0.481 e. The Morgan fingerprint density at radius 3 is 3.15 bits per heavy atom. The number of halogens is 1. The SMILES string of the molecule is COc1nc(Cl)cc2c1[C@H](NC[C@@H]1CNC(=O)C1)CC2. The van der Waals surface area contributed by atoms with Crippen LogP contribution in [0.15, 0.2) is 6.07 Å². The van der Waals surface area contributed by atoms with Gasteiger partial charge in [0.1, 0.15) is 5.15 Å². The third-order valence-corrected chi connectivity index (χ3v) is 4.23. The van der Waals surface area contributed by atoms with Crippen LogP contribution in [-0.2, 0) is 11.2 Å². The maximum absolute atomic E-state index is 11.2. The van der Waals surface area contributed by atoms with Crippen LogP contribution in [0.4, 0.5) is 0 Å². The molecule has 0 spiro atoms. The normalized spacial score (nSPS) is 24.6. The van der Waals surface area contributed by atoms with Crippen LogP contribution >= 0.6 is 11.6 Å². The fourth-order valence-corrected chi connectivity index (χ4v) is 3.26. The van der Waals surface area contributed by atoms with E-state index in [1.165, 1.54) is 5.56 Å². The first-order valence-corrected chi connectivity index (χ1v) is 7.28. The summed E-state index contributed by atoms with van der Waals surface area (Å²) in [5.74, 6) is 1.13. The number of nitrogens with zero attached hydrogens (tertiary/aromatic N) is 1. The van der Waals surface area contributed by atoms with Gasteiger partial charge in [-0.3, -0.25) is 4.79 Å². The third kappa shape index (κ3) is 2.60. The molecule has 0 aromatic carbocycles. The van der Waals surface area contributed by atoms with Crippen molar-refractivity contribution in [3.8, 4) is 5.88 Å². The predicted octanol–water partition coefficient (Wildman–Crippen LogP) is 1.46. The third-order valence-electron chi connectivity index (χ3n) is 4.04. The van der Waals surface area contributed by atoms with Crippen molar-refractivity contribution in [3.05, 3.63) is 22.3 Å². The standard InChI is InChI=1S/C14H18ClN3O2/c1-20-14-13-9(5-11(15)18-14)2-3-10(13)16-6-8-4-12(19)17-7-8/h5,8,10,16H,2-4,6-7H2,1H3,(H,17,19)/t8-,10-/m1/s1. The average Bonchev–Trinajstić information content (AvgIpc) is 3.01. The van der Waals surface area contributed by atoms with Crippen LogP contribution < -0.4 is 15.4 Å². The molecule has 0 unspecified atom stereocenters. The van der Waals surface area contributed by atoms with E-state index >= 15 is 0 Å². The number of amides is 1. The second-order valence-corrected chi connectivity index (χ2v) is 5.79. The van der Waals surface area contributed by atoms with E-state index in [4.69, 9.17) is 16.3 Å². The molecule has 20 heavy (non-hydrogen) atoms. The number of hydrogen-bond donors (Lipinski definition) is 2. The monoisotopic (exact) mass is 295 g/mol. The minimum Gasteiger partial charge on any atom is -0.481 e. The lowest BCUT2D eigenvalue weighted by molar-refractivity contribution is -0.119. The predicted molar refractivity (Wildman–Crippen MR) is 76.0 cm³/mol. The number of hydrogen-bond acceptors (Lipinski definition) is 4. The first-order chi connectivity index (χ1) is 9.67. The van der Waals surface area contributed by atoms with Crippen LogP contribution in [0.2, 0.25) is 5.15 Å². The van der Waals surface area contributed by atoms with Crippen molar-refractivity contribution in [3.63, 3.8) is 0 Å². The Balaban J connectivity index is 1.71. The highest BCUT2D eigenvalue weighted by atomic mass is 35.5. The van der Waals surface area contributed by atoms with E-state index in [-0.39, 0.29) is 11.9 Å². The van der Waals surface area contributed by atoms with Gasteiger partial charge in [-0.05, 0) is 30.4 Å². The molecule has 1 saturated heterocycles. The maximum Gasteiger partial charge on any atom is 0.220 e. The van der Waals surface area contributed by atoms with Gasteiger partial charge in [0.15, 0.2) is 0 Å². The zero-order valence-corrected chi connectivity index (χ0v) is 12.2. The van der Waals surface area contributed by atoms with Gasteiger partial charge in [0.2, 0.25) is 11.8 Å². The van der Waals surface area contributed by atoms with Crippen LogP contribution in [0, 0.1) is 5.92 Å². The van der Waals surface area contributed by atoms with Crippen LogP contribution in [0.1, 0.15) is 30.0 Å². The average molecular weight is 296 g/mol. The Morgan fingerprint density at radius 1 is 1.60 bits per heavy atom. The molecule has 6 heteroatoms. The van der Waals surface area contributed by atoms with E-state index in [9.17, 15) is 4.79 Å². The molecule has 1 aromatic rings. The number of fused-ring (bicyclic) bond motifs is 1. The molecule has 3 rings (SSSR count). The molecule has 2 heterocycles. The van der Waals surface area contributed by atoms with Crippen molar-refractivity contribution in [2.75, 3.05) is 20.2 Å². The Labute approximate surface area is 123 Å². The number of aryl methyl sites for hydroxylation is 1. The van der Waals surface area contributed by atoms with Gasteiger partial charge in [0, 0.05) is 31.1 Å². The lowest BCUT2D eigenvalue weighted by Crippen LogP contribution is -2.27. The van der Waals surface area contributed by atoms with Crippen LogP contribution in [0.5, 0.6) is 5.88 Å². The number of carbonyl (C=O) groups is 1. The smallest absolute Gasteiger partial charge is 0.220 e. The Kier molecular flexibility index (Phi) is 3.81. The van der Waals surface area contributed by atoms with Crippen molar-refractivity contribution in [1.29, 1.82) is 0 Å². The molecule has 0 bridgehead atoms. The fourth-order valence-electron chi connectivity index (χ4n) is 3.05. The highest BCUT2D eigenvalue weighted by molar-refractivity contribution is 6.29. The molecule has 5 nitrogen and oxygen atoms in total. The van der Waals surface area contributed by atoms with Gasteiger partial charge in [-0.15, -0.1) is 0 Å². The molecule has 1 aliphatic carbocycles. The van der Waals surface area contributed by atoms with E-state index < -0.39 is 0 Å². The summed E-state index contributed by atoms with van der Waals surface area (Å²) < 4.78 is 5.35. The molecular formula is C14H18ClN3O2. The molecule has 2 N–H and O–H groups in total. The minimum atomic E-state index is 0.148. The van der Waals surface area contributed by atoms with E-state index in [1.807, 2.05) is 6.07 Å². The van der Waals surface area contributed by atoms with Gasteiger partial charge < -0.3 is 15.4 Å². The summed E-state index contributed by atoms with van der Waals surface area (Å²) in [5.41, 5.74) is 2.33. The highest BCUT2D eigenvalue weighted by Gasteiger charge is 2.29. The number of aromatic nitrogens is 1. The van der Waals surface area contributed by atoms with Crippen LogP contribution in [0.3, 0.4) is 0 Å². The molecule has 1 amide bonds. The Morgan fingerprint density at radius 2 is 2.45 bits per heavy atom. The molecule has 1 aromatic heterocycles. The van der Waals surface area contributed by atoms with Crippen LogP contribution in [0.25, 0.3) is 0 Å². The highest BCUT2D eigenvalue weighted by Crippen LogP contribution is 2.38. The number of ether oxygens (including phenoxy) is 1. The van der Waals surface area contributed by atoms with Crippen molar-refractivity contribution in [1.82, 2.24) is 15.6 Å². The molecule has 108 valence electrons. The minimum absolute atomic E-state index is 0.148. The lowest BCUT2D eigenvalue weighted by atomic mass is 10.1. The molecule has 0 radical (unpaired) electrons. The van der Waals surface area contributed by atoms with Crippen molar-refractivity contribution in [2.45, 2.75) is 25.3 Å². The van der Waals surface area contributed by atoms with Gasteiger partial charge >= 0.3 is 0 Å². The number of nitrogens with one attached hydrogen (secondary N) is 2. The summed E-state index contributed by atoms with van der Waals surface area (Å²) in [6, 6.07) is 2.15. The summed E-state index contributed by atoms with van der Waals surface area (Å²) in [5, 5.41) is 6.88. The Hall–Kier alpha value is -1.33. The summed E-state index contributed by atoms with van der Waals surface area (Å²) in [6.45, 7) is 1.59.